The highest BCUT2D eigenvalue weighted by atomic mass is 15.2. The Morgan fingerprint density at radius 2 is 0.976 bits per heavy atom. The molecule has 2 atom stereocenters. The highest BCUT2D eigenvalue weighted by molar-refractivity contribution is 6.17. The molecule has 0 saturated heterocycles. The van der Waals surface area contributed by atoms with Gasteiger partial charge in [-0.15, -0.1) is 0 Å². The van der Waals surface area contributed by atoms with Gasteiger partial charge in [0.25, 0.3) is 0 Å². The van der Waals surface area contributed by atoms with Gasteiger partial charge in [0.2, 0.25) is 0 Å². The summed E-state index contributed by atoms with van der Waals surface area (Å²) in [5, 5.41) is 19.9. The minimum atomic E-state index is -0.574. The summed E-state index contributed by atoms with van der Waals surface area (Å²) in [6.45, 7) is 22.4. The zero-order valence-corrected chi connectivity index (χ0v) is 47.8. The van der Waals surface area contributed by atoms with Crippen molar-refractivity contribution in [1.82, 2.24) is 13.7 Å². The van der Waals surface area contributed by atoms with E-state index in [1.54, 1.807) is 6.20 Å². The molecule has 3 aromatic heterocycles. The largest absolute Gasteiger partial charge is 0.405 e. The molecule has 0 fully saturated rings. The number of nitrogens with two attached hydrogens (primary N) is 1. The Labute approximate surface area is 479 Å². The summed E-state index contributed by atoms with van der Waals surface area (Å²) in [5.41, 5.74) is 29.3. The van der Waals surface area contributed by atoms with E-state index in [4.69, 9.17) is 5.73 Å². The molecule has 0 bridgehead atoms. The predicted octanol–water partition coefficient (Wildman–Crippen LogP) is 19.4. The lowest BCUT2D eigenvalue weighted by atomic mass is 9.74. The van der Waals surface area contributed by atoms with Crippen molar-refractivity contribution in [3.63, 3.8) is 0 Å². The van der Waals surface area contributed by atoms with Gasteiger partial charge in [0, 0.05) is 55.0 Å². The number of nitrogens with zero attached hydrogens (tertiary/aromatic N) is 5. The summed E-state index contributed by atoms with van der Waals surface area (Å²) in [6, 6.07) is 74.3. The second-order valence-electron chi connectivity index (χ2n) is 23.2. The van der Waals surface area contributed by atoms with E-state index in [0.717, 1.165) is 133 Å². The van der Waals surface area contributed by atoms with Crippen LogP contribution in [0.2, 0.25) is 0 Å². The van der Waals surface area contributed by atoms with Gasteiger partial charge in [-0.05, 0) is 153 Å². The maximum absolute atomic E-state index is 13.2. The first-order chi connectivity index (χ1) is 39.9. The fourth-order valence-electron chi connectivity index (χ4n) is 14.0. The average molecular weight is 1060 g/mol. The Balaban J connectivity index is 1.38. The summed E-state index contributed by atoms with van der Waals surface area (Å²) in [7, 11) is 0. The van der Waals surface area contributed by atoms with Crippen LogP contribution in [0.5, 0.6) is 0 Å². The third kappa shape index (κ3) is 7.05. The van der Waals surface area contributed by atoms with E-state index in [9.17, 15) is 5.26 Å². The van der Waals surface area contributed by atoms with Crippen molar-refractivity contribution in [2.24, 2.45) is 11.7 Å². The Bertz CT molecular complexity index is 4930. The molecular formula is C76H64N6. The number of para-hydroxylation sites is 4. The molecule has 3 heterocycles. The number of aryl methyl sites for hydroxylation is 3. The number of aromatic nitrogens is 3. The highest BCUT2D eigenvalue weighted by Gasteiger charge is 2.44. The maximum atomic E-state index is 13.2. The van der Waals surface area contributed by atoms with Crippen LogP contribution < -0.4 is 10.6 Å². The number of anilines is 2. The van der Waals surface area contributed by atoms with Crippen LogP contribution in [0.15, 0.2) is 212 Å². The Kier molecular flexibility index (Phi) is 11.6. The molecule has 1 aliphatic rings. The zero-order chi connectivity index (χ0) is 56.5. The topological polar surface area (TPSA) is 67.8 Å². The molecule has 0 aliphatic heterocycles. The molecule has 0 saturated carbocycles. The molecule has 398 valence electrons. The quantitative estimate of drug-likeness (QED) is 0.148. The van der Waals surface area contributed by atoms with Crippen LogP contribution in [-0.4, -0.2) is 19.7 Å². The van der Waals surface area contributed by atoms with Crippen LogP contribution in [0.25, 0.3) is 111 Å². The summed E-state index contributed by atoms with van der Waals surface area (Å²) in [4.78, 5) is 2.50. The van der Waals surface area contributed by atoms with Crippen molar-refractivity contribution in [3.8, 4) is 45.4 Å². The molecule has 0 spiro atoms. The van der Waals surface area contributed by atoms with Gasteiger partial charge in [0.1, 0.15) is 11.6 Å². The van der Waals surface area contributed by atoms with Gasteiger partial charge in [-0.3, -0.25) is 0 Å². The van der Waals surface area contributed by atoms with Crippen LogP contribution >= 0.6 is 0 Å². The maximum Gasteiger partial charge on any atom is 0.104 e. The van der Waals surface area contributed by atoms with Gasteiger partial charge in [-0.2, -0.15) is 5.26 Å². The minimum Gasteiger partial charge on any atom is -0.405 e. The zero-order valence-electron chi connectivity index (χ0n) is 47.8. The lowest BCUT2D eigenvalue weighted by molar-refractivity contribution is 0.518. The molecule has 1 aliphatic carbocycles. The monoisotopic (exact) mass is 1060 g/mol. The standard InChI is InChI=1S/C76H64N6/c1-10-51-22-11-17-30-63(51)79(50(8)45(2)3)72-60(44-78)73(80-64-31-18-13-23-52(64)57-40-46(4)34-37-67(57)80)75(82-66-33-20-15-25-54(66)59-42-48(6)36-39-69(59)82)71(74(72)81-65-32-19-14-24-53(65)58-41-47(5)35-38-68(58)81)56-27-21-29-62-70(56)55-26-12-16-28-61(55)76(62,9)49(7)43-77/h10-43,45,50H,1,77H2,2-9H3/b49-43+. The number of benzene rings is 10. The number of nitriles is 1. The number of rotatable bonds is 10. The normalized spacial score (nSPS) is 14.6. The molecule has 10 aromatic carbocycles. The molecule has 0 amide bonds. The fourth-order valence-corrected chi connectivity index (χ4v) is 14.0. The van der Waals surface area contributed by atoms with Crippen molar-refractivity contribution in [3.05, 3.63) is 251 Å². The predicted molar refractivity (Wildman–Crippen MR) is 347 cm³/mol. The lowest BCUT2D eigenvalue weighted by Gasteiger charge is -2.39. The van der Waals surface area contributed by atoms with E-state index in [-0.39, 0.29) is 12.0 Å². The van der Waals surface area contributed by atoms with E-state index in [1.807, 2.05) is 6.08 Å². The van der Waals surface area contributed by atoms with Gasteiger partial charge in [0.15, 0.2) is 0 Å². The molecule has 14 rings (SSSR count). The second-order valence-corrected chi connectivity index (χ2v) is 23.2. The lowest BCUT2D eigenvalue weighted by Crippen LogP contribution is -2.35. The van der Waals surface area contributed by atoms with Crippen molar-refractivity contribution in [2.45, 2.75) is 66.8 Å². The van der Waals surface area contributed by atoms with Gasteiger partial charge in [0.05, 0.1) is 55.8 Å². The molecular weight excluding hydrogens is 997 g/mol. The van der Waals surface area contributed by atoms with Crippen molar-refractivity contribution in [1.29, 1.82) is 5.26 Å². The summed E-state index contributed by atoms with van der Waals surface area (Å²) in [5.74, 6) is 0.112. The van der Waals surface area contributed by atoms with Crippen LogP contribution in [0.4, 0.5) is 11.4 Å². The SMILES string of the molecule is C=Cc1ccccc1N(c1c(C#N)c(-n2c3ccccc3c3cc(C)ccc32)c(-n2c3ccccc3c3cc(C)ccc32)c(-c2cccc3c2-c2ccccc2C3(C)/C(C)=C/N)c1-n1c2ccccc2c2cc(C)ccc21)C(C)C(C)C. The van der Waals surface area contributed by atoms with E-state index in [2.05, 4.69) is 281 Å². The summed E-state index contributed by atoms with van der Waals surface area (Å²) < 4.78 is 7.45. The third-order valence-electron chi connectivity index (χ3n) is 18.3. The van der Waals surface area contributed by atoms with Crippen molar-refractivity contribution < 1.29 is 0 Å². The minimum absolute atomic E-state index is 0.112. The van der Waals surface area contributed by atoms with E-state index in [0.29, 0.717) is 5.56 Å². The molecule has 0 radical (unpaired) electrons. The molecule has 6 nitrogen and oxygen atoms in total. The number of allylic oxidation sites excluding steroid dienone is 1. The second kappa shape index (κ2) is 18.9. The van der Waals surface area contributed by atoms with Crippen LogP contribution in [0.3, 0.4) is 0 Å². The molecule has 6 heteroatoms. The van der Waals surface area contributed by atoms with Crippen molar-refractivity contribution in [2.75, 3.05) is 4.90 Å². The summed E-state index contributed by atoms with van der Waals surface area (Å²) >= 11 is 0. The fraction of sp³-hybridized carbons (Fsp3) is 0.145. The summed E-state index contributed by atoms with van der Waals surface area (Å²) in [6.07, 6.45) is 3.75. The third-order valence-corrected chi connectivity index (χ3v) is 18.3. The van der Waals surface area contributed by atoms with Gasteiger partial charge >= 0.3 is 0 Å². The molecule has 2 N–H and O–H groups in total. The first-order valence-corrected chi connectivity index (χ1v) is 28.7. The first-order valence-electron chi connectivity index (χ1n) is 28.7. The molecule has 2 unspecified atom stereocenters. The first kappa shape index (κ1) is 50.4. The Hall–Kier alpha value is -9.83. The average Bonchev–Trinajstić information content (AvgIpc) is 1.93. The molecule has 13 aromatic rings. The Morgan fingerprint density at radius 1 is 0.524 bits per heavy atom. The van der Waals surface area contributed by atoms with Crippen molar-refractivity contribution >= 4 is 82.9 Å². The van der Waals surface area contributed by atoms with Crippen LogP contribution in [0.1, 0.15) is 73.6 Å². The highest BCUT2D eigenvalue weighted by Crippen LogP contribution is 2.60. The molecule has 82 heavy (non-hydrogen) atoms. The van der Waals surface area contributed by atoms with E-state index >= 15 is 0 Å². The number of hydrogen-bond donors (Lipinski definition) is 1. The van der Waals surface area contributed by atoms with Gasteiger partial charge < -0.3 is 24.3 Å². The number of hydrogen-bond acceptors (Lipinski definition) is 3. The van der Waals surface area contributed by atoms with Crippen LogP contribution in [-0.2, 0) is 5.41 Å². The number of fused-ring (bicyclic) bond motifs is 12. The van der Waals surface area contributed by atoms with E-state index < -0.39 is 5.41 Å². The smallest absolute Gasteiger partial charge is 0.104 e. The van der Waals surface area contributed by atoms with Gasteiger partial charge in [-0.25, -0.2) is 0 Å². The van der Waals surface area contributed by atoms with Gasteiger partial charge in [-0.1, -0.05) is 177 Å². The van der Waals surface area contributed by atoms with E-state index in [1.165, 1.54) is 22.3 Å². The van der Waals surface area contributed by atoms with Crippen LogP contribution in [0, 0.1) is 38.0 Å². The Morgan fingerprint density at radius 3 is 1.50 bits per heavy atom.